The van der Waals surface area contributed by atoms with Crippen LogP contribution in [0.15, 0.2) is 28.7 Å². The Morgan fingerprint density at radius 3 is 2.87 bits per heavy atom. The van der Waals surface area contributed by atoms with Crippen molar-refractivity contribution >= 4 is 27.5 Å². The Labute approximate surface area is 105 Å². The summed E-state index contributed by atoms with van der Waals surface area (Å²) < 4.78 is 6.16. The van der Waals surface area contributed by atoms with Gasteiger partial charge in [-0.15, -0.1) is 11.6 Å². The maximum atomic E-state index is 5.98. The van der Waals surface area contributed by atoms with E-state index >= 15 is 0 Å². The van der Waals surface area contributed by atoms with Gasteiger partial charge >= 0.3 is 0 Å². The van der Waals surface area contributed by atoms with Gasteiger partial charge in [0.1, 0.15) is 0 Å². The molecule has 1 aromatic rings. The van der Waals surface area contributed by atoms with E-state index in [-0.39, 0.29) is 0 Å². The zero-order valence-corrected chi connectivity index (χ0v) is 11.2. The summed E-state index contributed by atoms with van der Waals surface area (Å²) >= 11 is 9.45. The average Bonchev–Trinajstić information content (AvgIpc) is 2.24. The van der Waals surface area contributed by atoms with E-state index in [1.165, 1.54) is 5.56 Å². The van der Waals surface area contributed by atoms with Crippen LogP contribution in [0.4, 0.5) is 0 Å². The molecule has 1 nitrogen and oxygen atoms in total. The van der Waals surface area contributed by atoms with Crippen molar-refractivity contribution in [2.24, 2.45) is 0 Å². The summed E-state index contributed by atoms with van der Waals surface area (Å²) in [5.74, 6) is 1.10. The van der Waals surface area contributed by atoms with Crippen molar-refractivity contribution in [3.8, 4) is 0 Å². The fraction of sp³-hybridized carbons (Fsp3) is 0.500. The number of halogens is 2. The summed E-state index contributed by atoms with van der Waals surface area (Å²) in [6, 6.07) is 8.35. The molecule has 3 heteroatoms. The molecular weight excluding hydrogens is 275 g/mol. The predicted molar refractivity (Wildman–Crippen MR) is 68.7 cm³/mol. The number of rotatable bonds is 6. The van der Waals surface area contributed by atoms with Crippen molar-refractivity contribution in [3.63, 3.8) is 0 Å². The fourth-order valence-electron chi connectivity index (χ4n) is 1.57. The lowest BCUT2D eigenvalue weighted by Crippen LogP contribution is -2.02. The topological polar surface area (TPSA) is 9.23 Å². The van der Waals surface area contributed by atoms with Crippen LogP contribution in [0.25, 0.3) is 0 Å². The summed E-state index contributed by atoms with van der Waals surface area (Å²) in [6.07, 6.45) is 2.13. The quantitative estimate of drug-likeness (QED) is 0.564. The van der Waals surface area contributed by atoms with Gasteiger partial charge in [-0.2, -0.15) is 0 Å². The van der Waals surface area contributed by atoms with E-state index in [1.807, 2.05) is 6.07 Å². The van der Waals surface area contributed by atoms with Gasteiger partial charge in [-0.05, 0) is 36.5 Å². The monoisotopic (exact) mass is 290 g/mol. The van der Waals surface area contributed by atoms with E-state index in [1.54, 1.807) is 7.11 Å². The second-order valence-electron chi connectivity index (χ2n) is 3.54. The van der Waals surface area contributed by atoms with Crippen LogP contribution in [0.3, 0.4) is 0 Å². The minimum absolute atomic E-state index is 0.430. The maximum Gasteiger partial charge on any atom is 0.0462 e. The standard InChI is InChI=1S/C12H16BrClO/c1-15-7-3-5-11(9-14)10-4-2-6-12(13)8-10/h2,4,6,8,11H,3,5,7,9H2,1H3. The third-order valence-corrected chi connectivity index (χ3v) is 3.27. The SMILES string of the molecule is COCCCC(CCl)c1cccc(Br)c1. The van der Waals surface area contributed by atoms with Crippen LogP contribution in [0.2, 0.25) is 0 Å². The van der Waals surface area contributed by atoms with Gasteiger partial charge in [-0.3, -0.25) is 0 Å². The molecule has 84 valence electrons. The van der Waals surface area contributed by atoms with Crippen LogP contribution >= 0.6 is 27.5 Å². The van der Waals surface area contributed by atoms with E-state index in [0.29, 0.717) is 11.8 Å². The van der Waals surface area contributed by atoms with Crippen LogP contribution in [0, 0.1) is 0 Å². The molecule has 0 aliphatic carbocycles. The number of ether oxygens (including phenoxy) is 1. The number of alkyl halides is 1. The minimum atomic E-state index is 0.430. The van der Waals surface area contributed by atoms with Gasteiger partial charge in [0.2, 0.25) is 0 Å². The number of hydrogen-bond donors (Lipinski definition) is 0. The Bertz CT molecular complexity index is 291. The second kappa shape index (κ2) is 7.26. The molecule has 0 amide bonds. The van der Waals surface area contributed by atoms with E-state index in [4.69, 9.17) is 16.3 Å². The lowest BCUT2D eigenvalue weighted by molar-refractivity contribution is 0.191. The van der Waals surface area contributed by atoms with Crippen molar-refractivity contribution in [2.75, 3.05) is 19.6 Å². The molecule has 0 heterocycles. The zero-order valence-electron chi connectivity index (χ0n) is 8.88. The molecule has 0 spiro atoms. The first-order valence-corrected chi connectivity index (χ1v) is 6.41. The number of benzene rings is 1. The van der Waals surface area contributed by atoms with Gasteiger partial charge < -0.3 is 4.74 Å². The van der Waals surface area contributed by atoms with Crippen LogP contribution in [-0.2, 0) is 4.74 Å². The van der Waals surface area contributed by atoms with Crippen LogP contribution < -0.4 is 0 Å². The molecule has 1 unspecified atom stereocenters. The Hall–Kier alpha value is -0.0500. The summed E-state index contributed by atoms with van der Waals surface area (Å²) in [6.45, 7) is 0.807. The van der Waals surface area contributed by atoms with E-state index in [9.17, 15) is 0 Å². The summed E-state index contributed by atoms with van der Waals surface area (Å²) in [5, 5.41) is 0. The first-order chi connectivity index (χ1) is 7.27. The van der Waals surface area contributed by atoms with Gasteiger partial charge in [-0.25, -0.2) is 0 Å². The zero-order chi connectivity index (χ0) is 11.1. The second-order valence-corrected chi connectivity index (χ2v) is 4.77. The highest BCUT2D eigenvalue weighted by Gasteiger charge is 2.09. The Morgan fingerprint density at radius 1 is 1.47 bits per heavy atom. The third-order valence-electron chi connectivity index (χ3n) is 2.41. The van der Waals surface area contributed by atoms with E-state index in [0.717, 1.165) is 23.9 Å². The summed E-state index contributed by atoms with van der Waals surface area (Å²) in [7, 11) is 1.73. The fourth-order valence-corrected chi connectivity index (χ4v) is 2.32. The lowest BCUT2D eigenvalue weighted by atomic mass is 9.96. The largest absolute Gasteiger partial charge is 0.385 e. The van der Waals surface area contributed by atoms with E-state index in [2.05, 4.69) is 34.1 Å². The Kier molecular flexibility index (Phi) is 6.30. The molecule has 0 N–H and O–H groups in total. The molecule has 15 heavy (non-hydrogen) atoms. The molecule has 0 aliphatic heterocycles. The molecule has 0 aliphatic rings. The van der Waals surface area contributed by atoms with Gasteiger partial charge in [0.05, 0.1) is 0 Å². The maximum absolute atomic E-state index is 5.98. The van der Waals surface area contributed by atoms with Gasteiger partial charge in [0.15, 0.2) is 0 Å². The first-order valence-electron chi connectivity index (χ1n) is 5.08. The first kappa shape index (κ1) is 13.0. The normalized spacial score (nSPS) is 12.7. The molecule has 0 saturated heterocycles. The Balaban J connectivity index is 2.57. The van der Waals surface area contributed by atoms with Crippen LogP contribution in [0.5, 0.6) is 0 Å². The van der Waals surface area contributed by atoms with Crippen molar-refractivity contribution in [1.82, 2.24) is 0 Å². The molecule has 0 radical (unpaired) electrons. The number of hydrogen-bond acceptors (Lipinski definition) is 1. The summed E-state index contributed by atoms with van der Waals surface area (Å²) in [4.78, 5) is 0. The lowest BCUT2D eigenvalue weighted by Gasteiger charge is -2.14. The molecule has 0 saturated carbocycles. The molecule has 1 aromatic carbocycles. The smallest absolute Gasteiger partial charge is 0.0462 e. The minimum Gasteiger partial charge on any atom is -0.385 e. The summed E-state index contributed by atoms with van der Waals surface area (Å²) in [5.41, 5.74) is 1.30. The van der Waals surface area contributed by atoms with Crippen molar-refractivity contribution in [2.45, 2.75) is 18.8 Å². The molecule has 0 bridgehead atoms. The van der Waals surface area contributed by atoms with Crippen molar-refractivity contribution in [3.05, 3.63) is 34.3 Å². The average molecular weight is 292 g/mol. The molecule has 1 rings (SSSR count). The van der Waals surface area contributed by atoms with Crippen LogP contribution in [-0.4, -0.2) is 19.6 Å². The highest BCUT2D eigenvalue weighted by Crippen LogP contribution is 2.25. The molecule has 0 aromatic heterocycles. The predicted octanol–water partition coefficient (Wildman–Crippen LogP) is 4.20. The van der Waals surface area contributed by atoms with Gasteiger partial charge in [0, 0.05) is 24.1 Å². The highest BCUT2D eigenvalue weighted by atomic mass is 79.9. The van der Waals surface area contributed by atoms with Crippen LogP contribution in [0.1, 0.15) is 24.3 Å². The van der Waals surface area contributed by atoms with Gasteiger partial charge in [-0.1, -0.05) is 28.1 Å². The molecular formula is C12H16BrClO. The van der Waals surface area contributed by atoms with Crippen molar-refractivity contribution < 1.29 is 4.74 Å². The van der Waals surface area contributed by atoms with E-state index < -0.39 is 0 Å². The van der Waals surface area contributed by atoms with Gasteiger partial charge in [0.25, 0.3) is 0 Å². The third kappa shape index (κ3) is 4.54. The number of methoxy groups -OCH3 is 1. The molecule has 1 atom stereocenters. The highest BCUT2D eigenvalue weighted by molar-refractivity contribution is 9.10. The Morgan fingerprint density at radius 2 is 2.27 bits per heavy atom. The molecule has 0 fully saturated rings. The van der Waals surface area contributed by atoms with Crippen molar-refractivity contribution in [1.29, 1.82) is 0 Å².